The fourth-order valence-corrected chi connectivity index (χ4v) is 1.76. The van der Waals surface area contributed by atoms with Crippen LogP contribution in [0.4, 0.5) is 0 Å². The summed E-state index contributed by atoms with van der Waals surface area (Å²) in [5, 5.41) is 3.87. The van der Waals surface area contributed by atoms with Crippen LogP contribution in [0.1, 0.15) is 47.8 Å². The SMILES string of the molecule is CC(=O)c1ccc(OCc2noc(C3CC3)n2)cc1. The molecular weight excluding hydrogens is 244 g/mol. The predicted octanol–water partition coefficient (Wildman–Crippen LogP) is 2.73. The second-order valence-corrected chi connectivity index (χ2v) is 4.69. The molecule has 1 aliphatic rings. The maximum atomic E-state index is 11.1. The molecule has 1 aromatic carbocycles. The number of hydrogen-bond acceptors (Lipinski definition) is 5. The van der Waals surface area contributed by atoms with E-state index in [0.717, 1.165) is 12.8 Å². The molecule has 0 spiro atoms. The summed E-state index contributed by atoms with van der Waals surface area (Å²) in [7, 11) is 0. The lowest BCUT2D eigenvalue weighted by Gasteiger charge is -2.03. The Bertz CT molecular complexity index is 585. The van der Waals surface area contributed by atoms with E-state index >= 15 is 0 Å². The summed E-state index contributed by atoms with van der Waals surface area (Å²) in [4.78, 5) is 15.4. The van der Waals surface area contributed by atoms with Crippen molar-refractivity contribution in [2.45, 2.75) is 32.3 Å². The second-order valence-electron chi connectivity index (χ2n) is 4.69. The van der Waals surface area contributed by atoms with E-state index in [1.54, 1.807) is 24.3 Å². The Labute approximate surface area is 110 Å². The molecule has 1 saturated carbocycles. The summed E-state index contributed by atoms with van der Waals surface area (Å²) in [6.07, 6.45) is 2.27. The Kier molecular flexibility index (Phi) is 3.03. The summed E-state index contributed by atoms with van der Waals surface area (Å²) in [6.45, 7) is 1.81. The number of hydrogen-bond donors (Lipinski definition) is 0. The first-order valence-electron chi connectivity index (χ1n) is 6.28. The molecule has 0 amide bonds. The van der Waals surface area contributed by atoms with Crippen LogP contribution >= 0.6 is 0 Å². The highest BCUT2D eigenvalue weighted by Gasteiger charge is 2.29. The largest absolute Gasteiger partial charge is 0.485 e. The number of ketones is 1. The Balaban J connectivity index is 1.59. The molecule has 0 saturated heterocycles. The molecule has 5 nitrogen and oxygen atoms in total. The molecule has 1 fully saturated rings. The number of carbonyl (C=O) groups is 1. The molecule has 1 aromatic heterocycles. The molecule has 19 heavy (non-hydrogen) atoms. The normalized spacial score (nSPS) is 14.4. The number of Topliss-reactive ketones (excluding diaryl/α,β-unsaturated/α-hetero) is 1. The number of carbonyl (C=O) groups excluding carboxylic acids is 1. The van der Waals surface area contributed by atoms with E-state index < -0.39 is 0 Å². The molecule has 3 rings (SSSR count). The van der Waals surface area contributed by atoms with Gasteiger partial charge in [0.25, 0.3) is 0 Å². The van der Waals surface area contributed by atoms with Crippen molar-refractivity contribution in [3.8, 4) is 5.75 Å². The van der Waals surface area contributed by atoms with Crippen molar-refractivity contribution >= 4 is 5.78 Å². The Morgan fingerprint density at radius 2 is 2.11 bits per heavy atom. The van der Waals surface area contributed by atoms with Crippen molar-refractivity contribution in [3.05, 3.63) is 41.5 Å². The Morgan fingerprint density at radius 3 is 2.74 bits per heavy atom. The first-order valence-corrected chi connectivity index (χ1v) is 6.28. The van der Waals surface area contributed by atoms with Crippen molar-refractivity contribution in [2.75, 3.05) is 0 Å². The van der Waals surface area contributed by atoms with E-state index in [0.29, 0.717) is 28.9 Å². The van der Waals surface area contributed by atoms with Gasteiger partial charge in [-0.3, -0.25) is 4.79 Å². The van der Waals surface area contributed by atoms with Crippen LogP contribution in [0.2, 0.25) is 0 Å². The minimum atomic E-state index is 0.0405. The zero-order chi connectivity index (χ0) is 13.2. The highest BCUT2D eigenvalue weighted by atomic mass is 16.5. The molecule has 98 valence electrons. The Hall–Kier alpha value is -2.17. The van der Waals surface area contributed by atoms with Gasteiger partial charge in [0, 0.05) is 11.5 Å². The lowest BCUT2D eigenvalue weighted by atomic mass is 10.1. The Morgan fingerprint density at radius 1 is 1.37 bits per heavy atom. The second kappa shape index (κ2) is 4.84. The summed E-state index contributed by atoms with van der Waals surface area (Å²) in [6, 6.07) is 7.00. The highest BCUT2D eigenvalue weighted by molar-refractivity contribution is 5.94. The summed E-state index contributed by atoms with van der Waals surface area (Å²) in [5.41, 5.74) is 0.669. The first kappa shape index (κ1) is 11.9. The van der Waals surface area contributed by atoms with Crippen molar-refractivity contribution in [3.63, 3.8) is 0 Å². The van der Waals surface area contributed by atoms with E-state index in [2.05, 4.69) is 10.1 Å². The molecule has 0 N–H and O–H groups in total. The first-order chi connectivity index (χ1) is 9.22. The molecule has 0 atom stereocenters. The van der Waals surface area contributed by atoms with Gasteiger partial charge in [0.15, 0.2) is 12.4 Å². The van der Waals surface area contributed by atoms with Gasteiger partial charge >= 0.3 is 0 Å². The molecule has 0 bridgehead atoms. The van der Waals surface area contributed by atoms with E-state index in [1.165, 1.54) is 6.92 Å². The molecule has 5 heteroatoms. The van der Waals surface area contributed by atoms with Gasteiger partial charge in [0.05, 0.1) is 0 Å². The van der Waals surface area contributed by atoms with Crippen LogP contribution in [-0.4, -0.2) is 15.9 Å². The maximum Gasteiger partial charge on any atom is 0.229 e. The lowest BCUT2D eigenvalue weighted by Crippen LogP contribution is -1.98. The van der Waals surface area contributed by atoms with Gasteiger partial charge in [-0.05, 0) is 44.0 Å². The van der Waals surface area contributed by atoms with Crippen LogP contribution in [-0.2, 0) is 6.61 Å². The van der Waals surface area contributed by atoms with Gasteiger partial charge < -0.3 is 9.26 Å². The zero-order valence-electron chi connectivity index (χ0n) is 10.6. The number of nitrogens with zero attached hydrogens (tertiary/aromatic N) is 2. The fourth-order valence-electron chi connectivity index (χ4n) is 1.76. The van der Waals surface area contributed by atoms with Gasteiger partial charge in [-0.2, -0.15) is 4.98 Å². The molecule has 0 unspecified atom stereocenters. The zero-order valence-corrected chi connectivity index (χ0v) is 10.6. The average molecular weight is 258 g/mol. The quantitative estimate of drug-likeness (QED) is 0.771. The van der Waals surface area contributed by atoms with Gasteiger partial charge in [-0.15, -0.1) is 0 Å². The monoisotopic (exact) mass is 258 g/mol. The van der Waals surface area contributed by atoms with Crippen molar-refractivity contribution in [2.24, 2.45) is 0 Å². The molecule has 0 radical (unpaired) electrons. The van der Waals surface area contributed by atoms with E-state index in [-0.39, 0.29) is 12.4 Å². The lowest BCUT2D eigenvalue weighted by molar-refractivity contribution is 0.101. The van der Waals surface area contributed by atoms with Crippen molar-refractivity contribution in [1.29, 1.82) is 0 Å². The number of rotatable bonds is 5. The van der Waals surface area contributed by atoms with Crippen LogP contribution < -0.4 is 4.74 Å². The van der Waals surface area contributed by atoms with Crippen molar-refractivity contribution < 1.29 is 14.1 Å². The van der Waals surface area contributed by atoms with Gasteiger partial charge in [0.2, 0.25) is 11.7 Å². The number of aromatic nitrogens is 2. The molecular formula is C14H14N2O3. The average Bonchev–Trinajstić information content (AvgIpc) is 3.16. The van der Waals surface area contributed by atoms with Crippen molar-refractivity contribution in [1.82, 2.24) is 10.1 Å². The topological polar surface area (TPSA) is 65.2 Å². The van der Waals surface area contributed by atoms with Crippen LogP contribution in [0.3, 0.4) is 0 Å². The molecule has 0 aliphatic heterocycles. The maximum absolute atomic E-state index is 11.1. The van der Waals surface area contributed by atoms with Crippen LogP contribution in [0.15, 0.2) is 28.8 Å². The third kappa shape index (κ3) is 2.81. The van der Waals surface area contributed by atoms with Crippen LogP contribution in [0, 0.1) is 0 Å². The van der Waals surface area contributed by atoms with Gasteiger partial charge in [0.1, 0.15) is 5.75 Å². The predicted molar refractivity (Wildman–Crippen MR) is 67.1 cm³/mol. The molecule has 1 aliphatic carbocycles. The minimum Gasteiger partial charge on any atom is -0.485 e. The third-order valence-corrected chi connectivity index (χ3v) is 3.04. The fraction of sp³-hybridized carbons (Fsp3) is 0.357. The van der Waals surface area contributed by atoms with E-state index in [9.17, 15) is 4.79 Å². The third-order valence-electron chi connectivity index (χ3n) is 3.04. The highest BCUT2D eigenvalue weighted by Crippen LogP contribution is 2.38. The number of ether oxygens (including phenoxy) is 1. The summed E-state index contributed by atoms with van der Waals surface area (Å²) < 4.78 is 10.7. The molecule has 2 aromatic rings. The summed E-state index contributed by atoms with van der Waals surface area (Å²) in [5.74, 6) is 2.45. The van der Waals surface area contributed by atoms with Crippen LogP contribution in [0.25, 0.3) is 0 Å². The standard InChI is InChI=1S/C14H14N2O3/c1-9(17)10-4-6-12(7-5-10)18-8-13-15-14(19-16-13)11-2-3-11/h4-7,11H,2-3,8H2,1H3. The van der Waals surface area contributed by atoms with Gasteiger partial charge in [-0.25, -0.2) is 0 Å². The van der Waals surface area contributed by atoms with E-state index in [1.807, 2.05) is 0 Å². The number of benzene rings is 1. The van der Waals surface area contributed by atoms with Crippen LogP contribution in [0.5, 0.6) is 5.75 Å². The van der Waals surface area contributed by atoms with E-state index in [4.69, 9.17) is 9.26 Å². The van der Waals surface area contributed by atoms with Gasteiger partial charge in [-0.1, -0.05) is 5.16 Å². The smallest absolute Gasteiger partial charge is 0.229 e. The molecule has 1 heterocycles. The summed E-state index contributed by atoms with van der Waals surface area (Å²) >= 11 is 0. The minimum absolute atomic E-state index is 0.0405.